The summed E-state index contributed by atoms with van der Waals surface area (Å²) in [6.07, 6.45) is -0.934. The fraction of sp³-hybridized carbons (Fsp3) is 0.229. The molecule has 0 radical (unpaired) electrons. The first-order chi connectivity index (χ1) is 21.3. The van der Waals surface area contributed by atoms with Crippen LogP contribution in [0, 0.1) is 5.92 Å². The molecule has 1 aliphatic rings. The van der Waals surface area contributed by atoms with Crippen LogP contribution < -0.4 is 5.32 Å². The van der Waals surface area contributed by atoms with Gasteiger partial charge >= 0.3 is 5.97 Å². The second kappa shape index (κ2) is 12.6. The molecule has 0 spiro atoms. The van der Waals surface area contributed by atoms with Gasteiger partial charge in [-0.2, -0.15) is 11.8 Å². The maximum absolute atomic E-state index is 12.6. The molecule has 3 atom stereocenters. The van der Waals surface area contributed by atoms with Gasteiger partial charge in [0.15, 0.2) is 0 Å². The van der Waals surface area contributed by atoms with Gasteiger partial charge in [0.25, 0.3) is 0 Å². The van der Waals surface area contributed by atoms with Gasteiger partial charge in [0.2, 0.25) is 11.8 Å². The molecule has 1 saturated heterocycles. The quantitative estimate of drug-likeness (QED) is 0.190. The van der Waals surface area contributed by atoms with E-state index in [1.807, 2.05) is 42.5 Å². The molecule has 2 amide bonds. The van der Waals surface area contributed by atoms with Crippen LogP contribution in [0.3, 0.4) is 0 Å². The average molecular weight is 609 g/mol. The number of aliphatic hydroxyl groups is 1. The molecule has 5 aromatic rings. The Morgan fingerprint density at radius 3 is 2.25 bits per heavy atom. The first kappa shape index (κ1) is 29.5. The summed E-state index contributed by atoms with van der Waals surface area (Å²) in [5.74, 6) is -1.78. The number of likely N-dealkylation sites (tertiary alicyclic amines) is 1. The molecule has 8 nitrogen and oxygen atoms in total. The number of carbonyl (C=O) groups is 3. The van der Waals surface area contributed by atoms with E-state index in [9.17, 15) is 24.6 Å². The van der Waals surface area contributed by atoms with Crippen molar-refractivity contribution in [3.8, 4) is 22.3 Å². The second-order valence-electron chi connectivity index (χ2n) is 11.1. The van der Waals surface area contributed by atoms with Gasteiger partial charge in [-0.1, -0.05) is 84.9 Å². The number of para-hydroxylation sites is 2. The summed E-state index contributed by atoms with van der Waals surface area (Å²) in [6.45, 7) is 1.41. The van der Waals surface area contributed by atoms with E-state index in [0.717, 1.165) is 49.8 Å². The molecule has 224 valence electrons. The smallest absolute Gasteiger partial charge is 0.327 e. The number of fused-ring (bicyclic) bond motifs is 3. The minimum absolute atomic E-state index is 0.0777. The second-order valence-corrected chi connectivity index (χ2v) is 12.1. The molecule has 1 fully saturated rings. The summed E-state index contributed by atoms with van der Waals surface area (Å²) >= 11 is 1.42. The van der Waals surface area contributed by atoms with Crippen molar-refractivity contribution >= 4 is 51.5 Å². The molecule has 1 aromatic heterocycles. The fourth-order valence-corrected chi connectivity index (χ4v) is 6.72. The van der Waals surface area contributed by atoms with Crippen molar-refractivity contribution in [2.45, 2.75) is 31.4 Å². The van der Waals surface area contributed by atoms with Gasteiger partial charge in [-0.25, -0.2) is 4.79 Å². The fourth-order valence-electron chi connectivity index (χ4n) is 5.71. The normalized spacial score (nSPS) is 17.2. The number of hydrogen-bond donors (Lipinski definition) is 3. The number of aliphatic hydroxyl groups excluding tert-OH is 1. The number of aliphatic carboxylic acids is 1. The zero-order valence-corrected chi connectivity index (χ0v) is 24.9. The van der Waals surface area contributed by atoms with Crippen LogP contribution in [0.25, 0.3) is 44.2 Å². The predicted molar refractivity (Wildman–Crippen MR) is 172 cm³/mol. The molecule has 0 aliphatic carbocycles. The number of amides is 2. The highest BCUT2D eigenvalue weighted by Crippen LogP contribution is 2.36. The zero-order valence-electron chi connectivity index (χ0n) is 24.1. The molecule has 4 aromatic carbocycles. The third-order valence-corrected chi connectivity index (χ3v) is 9.21. The Morgan fingerprint density at radius 2 is 1.57 bits per heavy atom. The van der Waals surface area contributed by atoms with Crippen molar-refractivity contribution < 1.29 is 29.0 Å². The number of nitrogens with zero attached hydrogens (tertiary/aromatic N) is 1. The molecule has 3 unspecified atom stereocenters. The van der Waals surface area contributed by atoms with Gasteiger partial charge in [0.05, 0.1) is 5.92 Å². The summed E-state index contributed by atoms with van der Waals surface area (Å²) in [5, 5.41) is 24.4. The van der Waals surface area contributed by atoms with E-state index in [1.54, 1.807) is 0 Å². The van der Waals surface area contributed by atoms with E-state index in [1.165, 1.54) is 23.6 Å². The van der Waals surface area contributed by atoms with Crippen molar-refractivity contribution in [3.63, 3.8) is 0 Å². The standard InChI is InChI=1S/C35H32N2O6S/c1-21(38)37-18-26(17-32(37)39)34(40)36-30(35(41)42)20-44-19-22-9-11-23(12-10-22)24-13-15-25(16-14-24)27-6-4-7-29-28-5-2-3-8-31(28)43-33(27)29/h2-16,26,30,32,39H,17-20H2,1H3,(H,36,40)(H,41,42). The Balaban J connectivity index is 1.06. The molecule has 2 heterocycles. The summed E-state index contributed by atoms with van der Waals surface area (Å²) < 4.78 is 6.21. The lowest BCUT2D eigenvalue weighted by atomic mass is 9.98. The molecule has 0 bridgehead atoms. The van der Waals surface area contributed by atoms with Crippen molar-refractivity contribution in [1.29, 1.82) is 0 Å². The number of nitrogens with one attached hydrogen (secondary N) is 1. The van der Waals surface area contributed by atoms with E-state index in [2.05, 4.69) is 53.8 Å². The van der Waals surface area contributed by atoms with E-state index < -0.39 is 30.1 Å². The number of carboxylic acids is 1. The third-order valence-electron chi connectivity index (χ3n) is 8.10. The Kier molecular flexibility index (Phi) is 8.41. The Labute approximate surface area is 258 Å². The van der Waals surface area contributed by atoms with Crippen LogP contribution in [0.1, 0.15) is 18.9 Å². The summed E-state index contributed by atoms with van der Waals surface area (Å²) in [5.41, 5.74) is 7.07. The Bertz CT molecular complexity index is 1830. The zero-order chi connectivity index (χ0) is 30.8. The molecule has 9 heteroatoms. The van der Waals surface area contributed by atoms with Crippen LogP contribution in [0.4, 0.5) is 0 Å². The number of rotatable bonds is 9. The third kappa shape index (κ3) is 6.06. The van der Waals surface area contributed by atoms with E-state index in [4.69, 9.17) is 4.42 Å². The highest BCUT2D eigenvalue weighted by Gasteiger charge is 2.37. The monoisotopic (exact) mass is 608 g/mol. The topological polar surface area (TPSA) is 120 Å². The number of furan rings is 1. The lowest BCUT2D eigenvalue weighted by Gasteiger charge is -2.18. The average Bonchev–Trinajstić information content (AvgIpc) is 3.62. The molecule has 0 saturated carbocycles. The van der Waals surface area contributed by atoms with Gasteiger partial charge in [-0.05, 0) is 28.3 Å². The minimum Gasteiger partial charge on any atom is -0.480 e. The van der Waals surface area contributed by atoms with Gasteiger partial charge in [-0.3, -0.25) is 9.59 Å². The molecular weight excluding hydrogens is 576 g/mol. The van der Waals surface area contributed by atoms with Crippen LogP contribution in [0.2, 0.25) is 0 Å². The largest absolute Gasteiger partial charge is 0.480 e. The van der Waals surface area contributed by atoms with Gasteiger partial charge in [0, 0.05) is 47.7 Å². The highest BCUT2D eigenvalue weighted by molar-refractivity contribution is 7.98. The number of thioether (sulfide) groups is 1. The van der Waals surface area contributed by atoms with Crippen LogP contribution in [-0.2, 0) is 20.1 Å². The first-order valence-corrected chi connectivity index (χ1v) is 15.6. The van der Waals surface area contributed by atoms with Gasteiger partial charge < -0.3 is 24.8 Å². The Hall–Kier alpha value is -4.60. The lowest BCUT2D eigenvalue weighted by Crippen LogP contribution is -2.45. The highest BCUT2D eigenvalue weighted by atomic mass is 32.2. The van der Waals surface area contributed by atoms with Crippen LogP contribution in [0.5, 0.6) is 0 Å². The van der Waals surface area contributed by atoms with Crippen LogP contribution >= 0.6 is 11.8 Å². The van der Waals surface area contributed by atoms with Crippen molar-refractivity contribution in [2.75, 3.05) is 12.3 Å². The number of benzene rings is 4. The molecule has 44 heavy (non-hydrogen) atoms. The maximum atomic E-state index is 12.6. The number of hydrogen-bond acceptors (Lipinski definition) is 6. The number of carbonyl (C=O) groups excluding carboxylic acids is 2. The van der Waals surface area contributed by atoms with Crippen LogP contribution in [-0.4, -0.2) is 57.5 Å². The van der Waals surface area contributed by atoms with Gasteiger partial charge in [0.1, 0.15) is 23.4 Å². The molecule has 6 rings (SSSR count). The minimum atomic E-state index is -1.12. The molecule has 1 aliphatic heterocycles. The Morgan fingerprint density at radius 1 is 0.909 bits per heavy atom. The van der Waals surface area contributed by atoms with E-state index in [-0.39, 0.29) is 24.6 Å². The van der Waals surface area contributed by atoms with E-state index >= 15 is 0 Å². The summed E-state index contributed by atoms with van der Waals surface area (Å²) in [6, 6.07) is 29.8. The lowest BCUT2D eigenvalue weighted by molar-refractivity contribution is -0.141. The maximum Gasteiger partial charge on any atom is 0.327 e. The van der Waals surface area contributed by atoms with Crippen molar-refractivity contribution in [2.24, 2.45) is 5.92 Å². The van der Waals surface area contributed by atoms with E-state index in [0.29, 0.717) is 5.75 Å². The first-order valence-electron chi connectivity index (χ1n) is 14.4. The number of carboxylic acid groups (broad SMARTS) is 1. The summed E-state index contributed by atoms with van der Waals surface area (Å²) in [4.78, 5) is 37.3. The summed E-state index contributed by atoms with van der Waals surface area (Å²) in [7, 11) is 0. The van der Waals surface area contributed by atoms with Crippen molar-refractivity contribution in [3.05, 3.63) is 96.6 Å². The SMILES string of the molecule is CC(=O)N1CC(C(=O)NC(CSCc2ccc(-c3ccc(-c4cccc5c4oc4ccccc45)cc3)cc2)C(=O)O)CC1O. The molecular formula is C35H32N2O6S. The van der Waals surface area contributed by atoms with Gasteiger partial charge in [-0.15, -0.1) is 0 Å². The van der Waals surface area contributed by atoms with Crippen molar-refractivity contribution in [1.82, 2.24) is 10.2 Å². The van der Waals surface area contributed by atoms with Crippen LogP contribution in [0.15, 0.2) is 95.4 Å². The molecule has 3 N–H and O–H groups in total. The predicted octanol–water partition coefficient (Wildman–Crippen LogP) is 5.91.